The number of nitrogens with one attached hydrogen (secondary N) is 2. The Bertz CT molecular complexity index is 124. The molecular formula is C5H13N3O3. The summed E-state index contributed by atoms with van der Waals surface area (Å²) in [5.41, 5.74) is 0. The van der Waals surface area contributed by atoms with Gasteiger partial charge in [-0.05, 0) is 0 Å². The highest BCUT2D eigenvalue weighted by Crippen LogP contribution is 2.05. The predicted octanol–water partition coefficient (Wildman–Crippen LogP) is -3.02. The number of rotatable bonds is 2. The van der Waals surface area contributed by atoms with E-state index in [1.807, 2.05) is 0 Å². The molecule has 1 saturated heterocycles. The Morgan fingerprint density at radius 3 is 2.27 bits per heavy atom. The van der Waals surface area contributed by atoms with Crippen LogP contribution in [0.25, 0.3) is 0 Å². The number of hydrogen-bond acceptors (Lipinski definition) is 6. The summed E-state index contributed by atoms with van der Waals surface area (Å²) in [6, 6.07) is 0. The molecule has 0 aromatic heterocycles. The molecule has 1 fully saturated rings. The molecule has 0 aliphatic carbocycles. The summed E-state index contributed by atoms with van der Waals surface area (Å²) in [5.74, 6) is -2.12. The number of hydrogen-bond donors (Lipinski definition) is 5. The lowest BCUT2D eigenvalue weighted by molar-refractivity contribution is -0.287. The molecule has 0 radical (unpaired) electrons. The number of aliphatic hydroxyl groups excluding tert-OH is 1. The molecular weight excluding hydrogens is 150 g/mol. The average Bonchev–Trinajstić information content (AvgIpc) is 2.06. The zero-order valence-electron chi connectivity index (χ0n) is 6.12. The first-order valence-corrected chi connectivity index (χ1v) is 3.39. The van der Waals surface area contributed by atoms with Crippen LogP contribution in [0, 0.1) is 0 Å². The topological polar surface area (TPSA) is 88.0 Å². The number of nitrogens with zero attached hydrogens (tertiary/aromatic N) is 1. The summed E-state index contributed by atoms with van der Waals surface area (Å²) >= 11 is 0. The van der Waals surface area contributed by atoms with Gasteiger partial charge >= 0.3 is 0 Å². The van der Waals surface area contributed by atoms with Crippen molar-refractivity contribution >= 4 is 0 Å². The Hall–Kier alpha value is -0.240. The van der Waals surface area contributed by atoms with E-state index in [1.54, 1.807) is 0 Å². The van der Waals surface area contributed by atoms with Crippen LogP contribution in [0.15, 0.2) is 0 Å². The third-order valence-corrected chi connectivity index (χ3v) is 1.57. The molecule has 0 saturated carbocycles. The van der Waals surface area contributed by atoms with E-state index in [-0.39, 0.29) is 0 Å². The molecule has 0 aromatic rings. The van der Waals surface area contributed by atoms with Crippen molar-refractivity contribution in [3.8, 4) is 0 Å². The van der Waals surface area contributed by atoms with Gasteiger partial charge in [-0.2, -0.15) is 0 Å². The van der Waals surface area contributed by atoms with Gasteiger partial charge < -0.3 is 15.3 Å². The smallest absolute Gasteiger partial charge is 0.251 e. The molecule has 0 bridgehead atoms. The van der Waals surface area contributed by atoms with E-state index in [9.17, 15) is 0 Å². The van der Waals surface area contributed by atoms with E-state index >= 15 is 0 Å². The van der Waals surface area contributed by atoms with Crippen molar-refractivity contribution in [3.05, 3.63) is 0 Å². The summed E-state index contributed by atoms with van der Waals surface area (Å²) in [5, 5.41) is 32.5. The van der Waals surface area contributed by atoms with Gasteiger partial charge in [-0.15, -0.1) is 0 Å². The van der Waals surface area contributed by atoms with E-state index in [0.717, 1.165) is 0 Å². The maximum absolute atomic E-state index is 9.10. The fraction of sp³-hybridized carbons (Fsp3) is 1.00. The Kier molecular flexibility index (Phi) is 2.77. The molecule has 5 N–H and O–H groups in total. The third kappa shape index (κ3) is 2.09. The van der Waals surface area contributed by atoms with Gasteiger partial charge in [0.25, 0.3) is 5.91 Å². The lowest BCUT2D eigenvalue weighted by Gasteiger charge is -2.36. The highest BCUT2D eigenvalue weighted by molar-refractivity contribution is 4.68. The number of aliphatic hydroxyl groups is 3. The van der Waals surface area contributed by atoms with Gasteiger partial charge in [0.1, 0.15) is 6.61 Å². The van der Waals surface area contributed by atoms with Gasteiger partial charge in [0.05, 0.1) is 13.3 Å². The van der Waals surface area contributed by atoms with Crippen molar-refractivity contribution in [3.63, 3.8) is 0 Å². The molecule has 0 unspecified atom stereocenters. The largest absolute Gasteiger partial charge is 0.389 e. The molecule has 1 aliphatic heterocycles. The van der Waals surface area contributed by atoms with Gasteiger partial charge in [0.15, 0.2) is 0 Å². The van der Waals surface area contributed by atoms with Crippen LogP contribution in [-0.2, 0) is 0 Å². The van der Waals surface area contributed by atoms with Gasteiger partial charge in [0.2, 0.25) is 0 Å². The van der Waals surface area contributed by atoms with Crippen molar-refractivity contribution in [1.29, 1.82) is 0 Å². The molecule has 1 aliphatic rings. The molecule has 0 spiro atoms. The summed E-state index contributed by atoms with van der Waals surface area (Å²) in [4.78, 5) is 1.27. The molecule has 1 rings (SSSR count). The first kappa shape index (κ1) is 8.85. The Balaban J connectivity index is 2.43. The van der Waals surface area contributed by atoms with E-state index in [1.165, 1.54) is 4.90 Å². The minimum Gasteiger partial charge on any atom is -0.389 e. The first-order chi connectivity index (χ1) is 5.17. The minimum absolute atomic E-state index is 0.348. The Morgan fingerprint density at radius 2 is 1.82 bits per heavy atom. The lowest BCUT2D eigenvalue weighted by atomic mass is 10.4. The van der Waals surface area contributed by atoms with E-state index < -0.39 is 12.5 Å². The van der Waals surface area contributed by atoms with Crippen LogP contribution in [0.1, 0.15) is 0 Å². The second-order valence-electron chi connectivity index (χ2n) is 2.47. The zero-order valence-corrected chi connectivity index (χ0v) is 6.12. The van der Waals surface area contributed by atoms with Crippen molar-refractivity contribution in [1.82, 2.24) is 15.5 Å². The quantitative estimate of drug-likeness (QED) is 0.279. The van der Waals surface area contributed by atoms with Crippen LogP contribution in [0.2, 0.25) is 0 Å². The van der Waals surface area contributed by atoms with Crippen molar-refractivity contribution in [2.24, 2.45) is 0 Å². The lowest BCUT2D eigenvalue weighted by Crippen LogP contribution is -2.62. The van der Waals surface area contributed by atoms with Crippen LogP contribution in [-0.4, -0.2) is 52.7 Å². The van der Waals surface area contributed by atoms with E-state index in [2.05, 4.69) is 10.6 Å². The fourth-order valence-corrected chi connectivity index (χ4v) is 0.879. The van der Waals surface area contributed by atoms with Gasteiger partial charge in [0, 0.05) is 6.67 Å². The zero-order chi connectivity index (χ0) is 8.32. The van der Waals surface area contributed by atoms with Gasteiger partial charge in [-0.1, -0.05) is 0 Å². The minimum atomic E-state index is -2.12. The van der Waals surface area contributed by atoms with Crippen molar-refractivity contribution in [2.75, 3.05) is 26.6 Å². The Labute approximate surface area is 64.4 Å². The van der Waals surface area contributed by atoms with E-state index in [4.69, 9.17) is 15.3 Å². The summed E-state index contributed by atoms with van der Waals surface area (Å²) in [6.07, 6.45) is 0. The highest BCUT2D eigenvalue weighted by Gasteiger charge is 2.31. The average molecular weight is 163 g/mol. The van der Waals surface area contributed by atoms with Gasteiger partial charge in [-0.25, -0.2) is 4.90 Å². The second kappa shape index (κ2) is 3.44. The van der Waals surface area contributed by atoms with Crippen molar-refractivity contribution in [2.45, 2.75) is 5.91 Å². The second-order valence-corrected chi connectivity index (χ2v) is 2.47. The summed E-state index contributed by atoms with van der Waals surface area (Å²) in [7, 11) is 0. The van der Waals surface area contributed by atoms with Crippen LogP contribution in [0.5, 0.6) is 0 Å². The molecule has 11 heavy (non-hydrogen) atoms. The van der Waals surface area contributed by atoms with Crippen LogP contribution in [0.3, 0.4) is 0 Å². The third-order valence-electron chi connectivity index (χ3n) is 1.57. The molecule has 1 heterocycles. The molecule has 6 nitrogen and oxygen atoms in total. The normalized spacial score (nSPS) is 22.1. The molecule has 6 heteroatoms. The summed E-state index contributed by atoms with van der Waals surface area (Å²) < 4.78 is 0. The van der Waals surface area contributed by atoms with Gasteiger partial charge in [-0.3, -0.25) is 10.6 Å². The molecule has 0 aromatic carbocycles. The standard InChI is InChI=1S/C5H13N3O3/c9-1-5(10,11)8-3-6-2-7-4-8/h6-7,9-11H,1-4H2. The monoisotopic (exact) mass is 163 g/mol. The highest BCUT2D eigenvalue weighted by atomic mass is 16.5. The Morgan fingerprint density at radius 1 is 1.27 bits per heavy atom. The maximum atomic E-state index is 9.10. The predicted molar refractivity (Wildman–Crippen MR) is 37.0 cm³/mol. The molecule has 0 atom stereocenters. The summed E-state index contributed by atoms with van der Waals surface area (Å²) in [6.45, 7) is 0.634. The maximum Gasteiger partial charge on any atom is 0.251 e. The first-order valence-electron chi connectivity index (χ1n) is 3.39. The fourth-order valence-electron chi connectivity index (χ4n) is 0.879. The van der Waals surface area contributed by atoms with Crippen molar-refractivity contribution < 1.29 is 15.3 Å². The molecule has 66 valence electrons. The van der Waals surface area contributed by atoms with Crippen LogP contribution >= 0.6 is 0 Å². The van der Waals surface area contributed by atoms with Crippen LogP contribution < -0.4 is 10.6 Å². The van der Waals surface area contributed by atoms with E-state index in [0.29, 0.717) is 20.0 Å². The molecule has 0 amide bonds. The van der Waals surface area contributed by atoms with Crippen LogP contribution in [0.4, 0.5) is 0 Å². The SMILES string of the molecule is OCC(O)(O)N1CNCNC1.